The molecule has 0 saturated carbocycles. The zero-order valence-corrected chi connectivity index (χ0v) is 10.7. The van der Waals surface area contributed by atoms with Crippen LogP contribution in [-0.4, -0.2) is 17.0 Å². The minimum Gasteiger partial charge on any atom is -0.494 e. The molecule has 0 unspecified atom stereocenters. The first-order valence-electron chi connectivity index (χ1n) is 5.93. The molecule has 0 spiro atoms. The summed E-state index contributed by atoms with van der Waals surface area (Å²) in [4.78, 5) is 15.2. The fourth-order valence-electron chi connectivity index (χ4n) is 2.31. The van der Waals surface area contributed by atoms with Gasteiger partial charge in [0.25, 0.3) is 5.69 Å². The number of nitro benzene ring substituents is 1. The Morgan fingerprint density at radius 3 is 2.70 bits per heavy atom. The van der Waals surface area contributed by atoms with Crippen LogP contribution in [0, 0.1) is 10.1 Å². The van der Waals surface area contributed by atoms with Gasteiger partial charge in [-0.1, -0.05) is 18.2 Å². The lowest BCUT2D eigenvalue weighted by Crippen LogP contribution is -1.99. The van der Waals surface area contributed by atoms with E-state index in [9.17, 15) is 10.1 Å². The topological polar surface area (TPSA) is 91.3 Å². The molecule has 0 aliphatic rings. The molecule has 6 nitrogen and oxygen atoms in total. The normalized spacial score (nSPS) is 10.8. The Bertz CT molecular complexity index is 846. The van der Waals surface area contributed by atoms with E-state index in [2.05, 4.69) is 4.98 Å². The molecule has 0 amide bonds. The summed E-state index contributed by atoms with van der Waals surface area (Å²) in [5.74, 6) is 0.461. The van der Waals surface area contributed by atoms with Crippen LogP contribution in [0.25, 0.3) is 21.8 Å². The second kappa shape index (κ2) is 4.34. The van der Waals surface area contributed by atoms with Crippen LogP contribution in [0.1, 0.15) is 0 Å². The lowest BCUT2D eigenvalue weighted by molar-refractivity contribution is -0.383. The highest BCUT2D eigenvalue weighted by Gasteiger charge is 2.20. The van der Waals surface area contributed by atoms with Gasteiger partial charge in [-0.25, -0.2) is 4.98 Å². The van der Waals surface area contributed by atoms with Crippen molar-refractivity contribution < 1.29 is 9.66 Å². The molecule has 0 aliphatic heterocycles. The number of anilines is 1. The van der Waals surface area contributed by atoms with Crippen molar-refractivity contribution in [3.63, 3.8) is 0 Å². The van der Waals surface area contributed by atoms with Gasteiger partial charge in [0.15, 0.2) is 0 Å². The molecular formula is C14H11N3O3. The van der Waals surface area contributed by atoms with E-state index in [-0.39, 0.29) is 5.69 Å². The van der Waals surface area contributed by atoms with Gasteiger partial charge in [-0.15, -0.1) is 0 Å². The first-order chi connectivity index (χ1) is 9.63. The molecule has 1 aromatic heterocycles. The van der Waals surface area contributed by atoms with Crippen LogP contribution >= 0.6 is 0 Å². The Balaban J connectivity index is 2.58. The maximum absolute atomic E-state index is 11.2. The number of nitrogens with zero attached hydrogens (tertiary/aromatic N) is 2. The Morgan fingerprint density at radius 1 is 1.25 bits per heavy atom. The van der Waals surface area contributed by atoms with E-state index < -0.39 is 4.92 Å². The molecule has 20 heavy (non-hydrogen) atoms. The van der Waals surface area contributed by atoms with E-state index in [0.717, 1.165) is 0 Å². The first kappa shape index (κ1) is 12.2. The monoisotopic (exact) mass is 269 g/mol. The number of pyridine rings is 1. The Kier molecular flexibility index (Phi) is 2.64. The molecule has 100 valence electrons. The van der Waals surface area contributed by atoms with Gasteiger partial charge in [-0.2, -0.15) is 0 Å². The number of benzene rings is 2. The quantitative estimate of drug-likeness (QED) is 0.438. The molecular weight excluding hydrogens is 258 g/mol. The third kappa shape index (κ3) is 1.62. The molecule has 1 heterocycles. The first-order valence-corrected chi connectivity index (χ1v) is 5.93. The zero-order chi connectivity index (χ0) is 14.3. The maximum atomic E-state index is 11.2. The lowest BCUT2D eigenvalue weighted by Gasteiger charge is -2.10. The van der Waals surface area contributed by atoms with E-state index >= 15 is 0 Å². The number of nitrogen functional groups attached to an aromatic ring is 1. The number of ether oxygens (including phenoxy) is 1. The van der Waals surface area contributed by atoms with Crippen molar-refractivity contribution in [3.05, 3.63) is 46.5 Å². The summed E-state index contributed by atoms with van der Waals surface area (Å²) < 4.78 is 5.23. The van der Waals surface area contributed by atoms with Gasteiger partial charge >= 0.3 is 0 Å². The highest BCUT2D eigenvalue weighted by Crippen LogP contribution is 2.38. The van der Waals surface area contributed by atoms with Gasteiger partial charge < -0.3 is 10.5 Å². The number of para-hydroxylation sites is 1. The number of nitrogens with two attached hydrogens (primary N) is 1. The van der Waals surface area contributed by atoms with Crippen molar-refractivity contribution in [2.24, 2.45) is 0 Å². The minimum atomic E-state index is -0.464. The standard InChI is InChI=1S/C14H11N3O3/c1-20-11-7-6-10(17(18)19)12-13(15)8-4-2-3-5-9(8)16-14(11)12/h2-7H,1H3,(H2,15,16). The molecule has 2 N–H and O–H groups in total. The molecule has 3 aromatic rings. The molecule has 0 atom stereocenters. The minimum absolute atomic E-state index is 0.0726. The zero-order valence-electron chi connectivity index (χ0n) is 10.7. The number of fused-ring (bicyclic) bond motifs is 2. The number of hydrogen-bond donors (Lipinski definition) is 1. The predicted molar refractivity (Wildman–Crippen MR) is 76.9 cm³/mol. The molecule has 6 heteroatoms. The van der Waals surface area contributed by atoms with E-state index in [4.69, 9.17) is 10.5 Å². The Labute approximate surface area is 113 Å². The van der Waals surface area contributed by atoms with Crippen LogP contribution in [-0.2, 0) is 0 Å². The average molecular weight is 269 g/mol. The van der Waals surface area contributed by atoms with E-state index in [1.54, 1.807) is 6.07 Å². The Hall–Kier alpha value is -2.89. The van der Waals surface area contributed by atoms with Crippen LogP contribution in [0.5, 0.6) is 5.75 Å². The molecule has 3 rings (SSSR count). The maximum Gasteiger partial charge on any atom is 0.281 e. The van der Waals surface area contributed by atoms with Crippen LogP contribution in [0.15, 0.2) is 36.4 Å². The number of methoxy groups -OCH3 is 1. The fraction of sp³-hybridized carbons (Fsp3) is 0.0714. The van der Waals surface area contributed by atoms with Crippen molar-refractivity contribution >= 4 is 33.2 Å². The fourth-order valence-corrected chi connectivity index (χ4v) is 2.31. The van der Waals surface area contributed by atoms with Crippen molar-refractivity contribution in [2.45, 2.75) is 0 Å². The van der Waals surface area contributed by atoms with E-state index in [1.807, 2.05) is 18.2 Å². The van der Waals surface area contributed by atoms with Crippen LogP contribution < -0.4 is 10.5 Å². The largest absolute Gasteiger partial charge is 0.494 e. The van der Waals surface area contributed by atoms with Gasteiger partial charge in [0.05, 0.1) is 23.2 Å². The summed E-state index contributed by atoms with van der Waals surface area (Å²) in [6, 6.07) is 10.2. The van der Waals surface area contributed by atoms with Gasteiger partial charge in [0.2, 0.25) is 0 Å². The molecule has 0 bridgehead atoms. The summed E-state index contributed by atoms with van der Waals surface area (Å²) in [5.41, 5.74) is 7.47. The van der Waals surface area contributed by atoms with Crippen molar-refractivity contribution in [1.29, 1.82) is 0 Å². The van der Waals surface area contributed by atoms with Gasteiger partial charge in [0, 0.05) is 11.5 Å². The number of aromatic nitrogens is 1. The van der Waals surface area contributed by atoms with Crippen molar-refractivity contribution in [3.8, 4) is 5.75 Å². The third-order valence-electron chi connectivity index (χ3n) is 3.23. The molecule has 0 saturated heterocycles. The van der Waals surface area contributed by atoms with Crippen molar-refractivity contribution in [2.75, 3.05) is 12.8 Å². The Morgan fingerprint density at radius 2 is 2.00 bits per heavy atom. The highest BCUT2D eigenvalue weighted by molar-refractivity contribution is 6.11. The summed E-state index contributed by atoms with van der Waals surface area (Å²) in [5, 5.41) is 12.2. The van der Waals surface area contributed by atoms with Gasteiger partial charge in [-0.05, 0) is 12.1 Å². The number of non-ortho nitro benzene ring substituents is 1. The number of hydrogen-bond acceptors (Lipinski definition) is 5. The third-order valence-corrected chi connectivity index (χ3v) is 3.23. The molecule has 0 fully saturated rings. The van der Waals surface area contributed by atoms with E-state index in [1.165, 1.54) is 19.2 Å². The second-order valence-corrected chi connectivity index (χ2v) is 4.31. The SMILES string of the molecule is COc1ccc([N+](=O)[O-])c2c(N)c3ccccc3nc12. The molecule has 0 radical (unpaired) electrons. The molecule has 2 aromatic carbocycles. The van der Waals surface area contributed by atoms with E-state index in [0.29, 0.717) is 33.2 Å². The lowest BCUT2D eigenvalue weighted by atomic mass is 10.1. The summed E-state index contributed by atoms with van der Waals surface area (Å²) in [6.45, 7) is 0. The van der Waals surface area contributed by atoms with Crippen LogP contribution in [0.4, 0.5) is 11.4 Å². The van der Waals surface area contributed by atoms with Crippen LogP contribution in [0.2, 0.25) is 0 Å². The number of rotatable bonds is 2. The highest BCUT2D eigenvalue weighted by atomic mass is 16.6. The van der Waals surface area contributed by atoms with Gasteiger partial charge in [-0.3, -0.25) is 10.1 Å². The number of nitro groups is 1. The smallest absolute Gasteiger partial charge is 0.281 e. The van der Waals surface area contributed by atoms with Gasteiger partial charge in [0.1, 0.15) is 16.7 Å². The predicted octanol–water partition coefficient (Wildman–Crippen LogP) is 2.89. The van der Waals surface area contributed by atoms with Crippen LogP contribution in [0.3, 0.4) is 0 Å². The summed E-state index contributed by atoms with van der Waals surface area (Å²) >= 11 is 0. The average Bonchev–Trinajstić information content (AvgIpc) is 2.46. The molecule has 0 aliphatic carbocycles. The summed E-state index contributed by atoms with van der Waals surface area (Å²) in [7, 11) is 1.49. The second-order valence-electron chi connectivity index (χ2n) is 4.31. The van der Waals surface area contributed by atoms with Crippen molar-refractivity contribution in [1.82, 2.24) is 4.98 Å². The summed E-state index contributed by atoms with van der Waals surface area (Å²) in [6.07, 6.45) is 0.